The molecule has 106 valence electrons. The van der Waals surface area contributed by atoms with Gasteiger partial charge in [0, 0.05) is 23.7 Å². The van der Waals surface area contributed by atoms with Gasteiger partial charge in [-0.3, -0.25) is 0 Å². The summed E-state index contributed by atoms with van der Waals surface area (Å²) in [5.41, 5.74) is 1.04. The molecule has 3 rings (SSSR count). The first-order valence-corrected chi connectivity index (χ1v) is 7.36. The van der Waals surface area contributed by atoms with Crippen molar-refractivity contribution in [1.82, 2.24) is 5.32 Å². The average molecular weight is 292 g/mol. The maximum Gasteiger partial charge on any atom is 0.134 e. The van der Waals surface area contributed by atoms with Crippen molar-refractivity contribution < 1.29 is 9.15 Å². The molecule has 1 aromatic heterocycles. The first-order chi connectivity index (χ1) is 9.81. The highest BCUT2D eigenvalue weighted by Gasteiger charge is 2.14. The number of halogens is 1. The van der Waals surface area contributed by atoms with Gasteiger partial charge in [0.15, 0.2) is 0 Å². The molecule has 0 radical (unpaired) electrons. The fourth-order valence-electron chi connectivity index (χ4n) is 2.40. The third-order valence-corrected chi connectivity index (χ3v) is 3.74. The lowest BCUT2D eigenvalue weighted by molar-refractivity contribution is 0.109. The quantitative estimate of drug-likeness (QED) is 0.908. The highest BCUT2D eigenvalue weighted by atomic mass is 35.5. The first kappa shape index (κ1) is 13.7. The van der Waals surface area contributed by atoms with Gasteiger partial charge in [-0.05, 0) is 49.2 Å². The Morgan fingerprint density at radius 2 is 2.00 bits per heavy atom. The number of furan rings is 1. The summed E-state index contributed by atoms with van der Waals surface area (Å²) >= 11 is 5.88. The minimum atomic E-state index is 0.362. The average Bonchev–Trinajstić information content (AvgIpc) is 3.11. The van der Waals surface area contributed by atoms with E-state index >= 15 is 0 Å². The summed E-state index contributed by atoms with van der Waals surface area (Å²) in [4.78, 5) is 0. The van der Waals surface area contributed by atoms with Crippen LogP contribution in [0.5, 0.6) is 0 Å². The van der Waals surface area contributed by atoms with Gasteiger partial charge in [-0.2, -0.15) is 0 Å². The fraction of sp³-hybridized carbons (Fsp3) is 0.375. The van der Waals surface area contributed by atoms with Crippen molar-refractivity contribution in [3.05, 3.63) is 47.2 Å². The molecule has 1 saturated heterocycles. The van der Waals surface area contributed by atoms with Gasteiger partial charge in [0.1, 0.15) is 11.5 Å². The van der Waals surface area contributed by atoms with Crippen LogP contribution in [0.25, 0.3) is 11.3 Å². The number of ether oxygens (including phenoxy) is 1. The highest BCUT2D eigenvalue weighted by Crippen LogP contribution is 2.23. The summed E-state index contributed by atoms with van der Waals surface area (Å²) in [6.07, 6.45) is 2.69. The van der Waals surface area contributed by atoms with E-state index < -0.39 is 0 Å². The molecule has 1 fully saturated rings. The van der Waals surface area contributed by atoms with E-state index in [9.17, 15) is 0 Å². The molecular formula is C16H18ClNO2. The van der Waals surface area contributed by atoms with Crippen LogP contribution in [-0.4, -0.2) is 19.3 Å². The Balaban J connectivity index is 1.55. The zero-order valence-corrected chi connectivity index (χ0v) is 12.0. The Hall–Kier alpha value is -1.29. The van der Waals surface area contributed by atoms with Crippen molar-refractivity contribution in [2.45, 2.75) is 25.5 Å². The third-order valence-electron chi connectivity index (χ3n) is 3.49. The number of hydrogen-bond donors (Lipinski definition) is 1. The van der Waals surface area contributed by atoms with Gasteiger partial charge in [0.05, 0.1) is 12.6 Å². The van der Waals surface area contributed by atoms with Crippen LogP contribution >= 0.6 is 11.6 Å². The summed E-state index contributed by atoms with van der Waals surface area (Å²) in [7, 11) is 0. The van der Waals surface area contributed by atoms with Crippen molar-refractivity contribution in [2.75, 3.05) is 13.2 Å². The van der Waals surface area contributed by atoms with Crippen molar-refractivity contribution in [1.29, 1.82) is 0 Å². The monoisotopic (exact) mass is 291 g/mol. The predicted octanol–water partition coefficient (Wildman–Crippen LogP) is 3.87. The topological polar surface area (TPSA) is 34.4 Å². The second kappa shape index (κ2) is 6.44. The van der Waals surface area contributed by atoms with Crippen molar-refractivity contribution in [2.24, 2.45) is 0 Å². The van der Waals surface area contributed by atoms with Gasteiger partial charge in [-0.1, -0.05) is 11.6 Å². The Labute approximate surface area is 123 Å². The second-order valence-corrected chi connectivity index (χ2v) is 5.48. The minimum Gasteiger partial charge on any atom is -0.460 e. The summed E-state index contributed by atoms with van der Waals surface area (Å²) in [6.45, 7) is 2.51. The van der Waals surface area contributed by atoms with Crippen LogP contribution in [-0.2, 0) is 11.3 Å². The second-order valence-electron chi connectivity index (χ2n) is 5.04. The van der Waals surface area contributed by atoms with Crippen LogP contribution in [0.2, 0.25) is 5.02 Å². The summed E-state index contributed by atoms with van der Waals surface area (Å²) in [5, 5.41) is 4.11. The molecule has 2 aromatic rings. The molecule has 1 aromatic carbocycles. The van der Waals surface area contributed by atoms with Crippen molar-refractivity contribution >= 4 is 11.6 Å². The summed E-state index contributed by atoms with van der Waals surface area (Å²) in [5.74, 6) is 1.81. The predicted molar refractivity (Wildman–Crippen MR) is 79.8 cm³/mol. The maximum absolute atomic E-state index is 5.88. The van der Waals surface area contributed by atoms with Crippen LogP contribution in [0, 0.1) is 0 Å². The molecule has 0 amide bonds. The largest absolute Gasteiger partial charge is 0.460 e. The lowest BCUT2D eigenvalue weighted by atomic mass is 10.2. The van der Waals surface area contributed by atoms with Gasteiger partial charge < -0.3 is 14.5 Å². The lowest BCUT2D eigenvalue weighted by Gasteiger charge is -2.09. The molecule has 1 atom stereocenters. The number of hydrogen-bond acceptors (Lipinski definition) is 3. The Bertz CT molecular complexity index is 544. The highest BCUT2D eigenvalue weighted by molar-refractivity contribution is 6.30. The van der Waals surface area contributed by atoms with Gasteiger partial charge >= 0.3 is 0 Å². The molecule has 2 heterocycles. The molecule has 1 aliphatic heterocycles. The van der Waals surface area contributed by atoms with Gasteiger partial charge in [0.2, 0.25) is 0 Å². The van der Waals surface area contributed by atoms with Gasteiger partial charge in [0.25, 0.3) is 0 Å². The number of benzene rings is 1. The van der Waals surface area contributed by atoms with E-state index in [1.54, 1.807) is 0 Å². The summed E-state index contributed by atoms with van der Waals surface area (Å²) in [6, 6.07) is 11.7. The molecule has 0 saturated carbocycles. The van der Waals surface area contributed by atoms with Gasteiger partial charge in [-0.15, -0.1) is 0 Å². The molecule has 4 heteroatoms. The SMILES string of the molecule is Clc1ccc(-c2ccc(CNC[C@H]3CCCO3)o2)cc1. The minimum absolute atomic E-state index is 0.362. The van der Waals surface area contributed by atoms with E-state index in [0.29, 0.717) is 6.10 Å². The van der Waals surface area contributed by atoms with E-state index in [4.69, 9.17) is 20.8 Å². The molecule has 1 aliphatic rings. The Morgan fingerprint density at radius 3 is 2.75 bits per heavy atom. The first-order valence-electron chi connectivity index (χ1n) is 6.98. The van der Waals surface area contributed by atoms with E-state index in [2.05, 4.69) is 5.32 Å². The van der Waals surface area contributed by atoms with Crippen LogP contribution < -0.4 is 5.32 Å². The maximum atomic E-state index is 5.88. The fourth-order valence-corrected chi connectivity index (χ4v) is 2.53. The molecule has 0 bridgehead atoms. The van der Waals surface area contributed by atoms with E-state index in [0.717, 1.165) is 48.2 Å². The normalized spacial score (nSPS) is 18.6. The summed E-state index contributed by atoms with van der Waals surface area (Å²) < 4.78 is 11.4. The zero-order valence-electron chi connectivity index (χ0n) is 11.3. The van der Waals surface area contributed by atoms with Crippen LogP contribution in [0.3, 0.4) is 0 Å². The molecule has 20 heavy (non-hydrogen) atoms. The molecule has 0 unspecified atom stereocenters. The number of nitrogens with one attached hydrogen (secondary N) is 1. The van der Waals surface area contributed by atoms with Crippen molar-refractivity contribution in [3.63, 3.8) is 0 Å². The zero-order chi connectivity index (χ0) is 13.8. The van der Waals surface area contributed by atoms with Crippen LogP contribution in [0.4, 0.5) is 0 Å². The Kier molecular flexibility index (Phi) is 4.41. The third kappa shape index (κ3) is 3.42. The van der Waals surface area contributed by atoms with E-state index in [1.807, 2.05) is 36.4 Å². The van der Waals surface area contributed by atoms with E-state index in [1.165, 1.54) is 6.42 Å². The van der Waals surface area contributed by atoms with Crippen molar-refractivity contribution in [3.8, 4) is 11.3 Å². The van der Waals surface area contributed by atoms with Gasteiger partial charge in [-0.25, -0.2) is 0 Å². The molecule has 1 N–H and O–H groups in total. The number of rotatable bonds is 5. The molecular weight excluding hydrogens is 274 g/mol. The standard InChI is InChI=1S/C16H18ClNO2/c17-13-5-3-12(4-6-13)16-8-7-15(20-16)11-18-10-14-2-1-9-19-14/h3-8,14,18H,1-2,9-11H2/t14-/m1/s1. The van der Waals surface area contributed by atoms with E-state index in [-0.39, 0.29) is 0 Å². The van der Waals surface area contributed by atoms with Crippen LogP contribution in [0.15, 0.2) is 40.8 Å². The molecule has 0 spiro atoms. The lowest BCUT2D eigenvalue weighted by Crippen LogP contribution is -2.25. The van der Waals surface area contributed by atoms with Crippen LogP contribution in [0.1, 0.15) is 18.6 Å². The molecule has 0 aliphatic carbocycles. The molecule has 3 nitrogen and oxygen atoms in total. The smallest absolute Gasteiger partial charge is 0.134 e. The Morgan fingerprint density at radius 1 is 1.15 bits per heavy atom.